The molecular weight excluding hydrogens is 328 g/mol. The largest absolute Gasteiger partial charge is 0.443 e. The molecule has 1 amide bonds. The third-order valence-electron chi connectivity index (χ3n) is 3.20. The second-order valence-corrected chi connectivity index (χ2v) is 6.92. The number of carbonyl (C=O) groups is 1. The number of carbonyl (C=O) groups excluding carboxylic acids is 1. The van der Waals surface area contributed by atoms with Gasteiger partial charge in [0.05, 0.1) is 22.9 Å². The van der Waals surface area contributed by atoms with Crippen molar-refractivity contribution in [2.45, 2.75) is 18.4 Å². The van der Waals surface area contributed by atoms with E-state index in [0.717, 1.165) is 15.5 Å². The van der Waals surface area contributed by atoms with Gasteiger partial charge in [-0.2, -0.15) is 0 Å². The van der Waals surface area contributed by atoms with Crippen LogP contribution in [0, 0.1) is 6.92 Å². The van der Waals surface area contributed by atoms with E-state index in [1.54, 1.807) is 17.6 Å². The fraction of sp³-hybridized carbons (Fsp3) is 0.176. The van der Waals surface area contributed by atoms with E-state index in [2.05, 4.69) is 10.3 Å². The molecule has 0 saturated heterocycles. The Balaban J connectivity index is 1.49. The quantitative estimate of drug-likeness (QED) is 0.684. The van der Waals surface area contributed by atoms with Crippen molar-refractivity contribution in [1.29, 1.82) is 0 Å². The number of oxazole rings is 1. The number of nitrogens with zero attached hydrogens (tertiary/aromatic N) is 1. The molecule has 3 rings (SSSR count). The summed E-state index contributed by atoms with van der Waals surface area (Å²) in [6.07, 6.45) is 1.59. The van der Waals surface area contributed by atoms with Crippen molar-refractivity contribution in [1.82, 2.24) is 10.3 Å². The molecule has 0 unspecified atom stereocenters. The number of amides is 1. The third-order valence-corrected chi connectivity index (χ3v) is 5.24. The summed E-state index contributed by atoms with van der Waals surface area (Å²) in [7, 11) is 0. The molecule has 0 fully saturated rings. The van der Waals surface area contributed by atoms with Gasteiger partial charge in [0.15, 0.2) is 0 Å². The zero-order valence-corrected chi connectivity index (χ0v) is 14.2. The Labute approximate surface area is 142 Å². The van der Waals surface area contributed by atoms with E-state index in [1.165, 1.54) is 17.3 Å². The van der Waals surface area contributed by atoms with Crippen molar-refractivity contribution in [2.24, 2.45) is 0 Å². The Bertz CT molecular complexity index is 782. The average molecular weight is 344 g/mol. The van der Waals surface area contributed by atoms with E-state index in [0.29, 0.717) is 18.2 Å². The molecule has 118 valence electrons. The van der Waals surface area contributed by atoms with Crippen LogP contribution in [0.4, 0.5) is 0 Å². The Morgan fingerprint density at radius 3 is 2.96 bits per heavy atom. The number of aromatic nitrogens is 1. The van der Waals surface area contributed by atoms with Crippen molar-refractivity contribution in [2.75, 3.05) is 5.75 Å². The Morgan fingerprint density at radius 2 is 2.17 bits per heavy atom. The molecule has 6 heteroatoms. The predicted molar refractivity (Wildman–Crippen MR) is 93.6 cm³/mol. The molecule has 4 nitrogen and oxygen atoms in total. The van der Waals surface area contributed by atoms with Crippen LogP contribution in [0.25, 0.3) is 10.8 Å². The Hall–Kier alpha value is -2.05. The molecule has 0 bridgehead atoms. The number of nitrogens with one attached hydrogen (secondary N) is 1. The molecule has 3 aromatic rings. The van der Waals surface area contributed by atoms with E-state index in [-0.39, 0.29) is 5.91 Å². The summed E-state index contributed by atoms with van der Waals surface area (Å²) >= 11 is 3.11. The first kappa shape index (κ1) is 15.8. The lowest BCUT2D eigenvalue weighted by Gasteiger charge is -2.05. The topological polar surface area (TPSA) is 55.1 Å². The number of hydrogen-bond acceptors (Lipinski definition) is 5. The van der Waals surface area contributed by atoms with Crippen LogP contribution in [0.15, 0.2) is 57.4 Å². The number of hydrogen-bond donors (Lipinski definition) is 1. The van der Waals surface area contributed by atoms with E-state index >= 15 is 0 Å². The summed E-state index contributed by atoms with van der Waals surface area (Å²) in [6, 6.07) is 12.0. The smallest absolute Gasteiger partial charge is 0.236 e. The van der Waals surface area contributed by atoms with Gasteiger partial charge in [-0.05, 0) is 30.0 Å². The summed E-state index contributed by atoms with van der Waals surface area (Å²) in [5.74, 6) is 0.970. The first-order valence-corrected chi connectivity index (χ1v) is 9.02. The highest BCUT2D eigenvalue weighted by Gasteiger charge is 2.09. The first-order chi connectivity index (χ1) is 11.2. The second-order valence-electron chi connectivity index (χ2n) is 4.95. The molecule has 1 N–H and O–H groups in total. The molecule has 0 aliphatic carbocycles. The van der Waals surface area contributed by atoms with Gasteiger partial charge in [-0.3, -0.25) is 4.79 Å². The molecule has 2 heterocycles. The summed E-state index contributed by atoms with van der Waals surface area (Å²) in [5.41, 5.74) is 1.91. The summed E-state index contributed by atoms with van der Waals surface area (Å²) in [4.78, 5) is 18.4. The van der Waals surface area contributed by atoms with Gasteiger partial charge in [0.1, 0.15) is 6.26 Å². The molecule has 0 radical (unpaired) electrons. The minimum atomic E-state index is -0.0149. The molecule has 0 spiro atoms. The van der Waals surface area contributed by atoms with E-state index < -0.39 is 0 Å². The van der Waals surface area contributed by atoms with Gasteiger partial charge < -0.3 is 9.73 Å². The number of thioether (sulfide) groups is 1. The molecule has 2 aromatic heterocycles. The Kier molecular flexibility index (Phi) is 5.15. The third kappa shape index (κ3) is 4.24. The molecule has 0 saturated carbocycles. The van der Waals surface area contributed by atoms with Crippen LogP contribution in [0.2, 0.25) is 0 Å². The van der Waals surface area contributed by atoms with Crippen LogP contribution in [-0.4, -0.2) is 16.6 Å². The minimum absolute atomic E-state index is 0.0149. The summed E-state index contributed by atoms with van der Waals surface area (Å²) in [5, 5.41) is 4.84. The fourth-order valence-electron chi connectivity index (χ4n) is 2.00. The van der Waals surface area contributed by atoms with E-state index in [9.17, 15) is 4.79 Å². The minimum Gasteiger partial charge on any atom is -0.443 e. The van der Waals surface area contributed by atoms with Gasteiger partial charge in [0, 0.05) is 4.90 Å². The van der Waals surface area contributed by atoms with Gasteiger partial charge >= 0.3 is 0 Å². The molecule has 0 atom stereocenters. The molecular formula is C17H16N2O2S2. The van der Waals surface area contributed by atoms with E-state index in [4.69, 9.17) is 4.42 Å². The van der Waals surface area contributed by atoms with Crippen LogP contribution in [0.1, 0.15) is 11.3 Å². The van der Waals surface area contributed by atoms with Crippen molar-refractivity contribution >= 4 is 29.0 Å². The maximum absolute atomic E-state index is 11.9. The zero-order valence-electron chi connectivity index (χ0n) is 12.6. The Morgan fingerprint density at radius 1 is 1.30 bits per heavy atom. The highest BCUT2D eigenvalue weighted by Crippen LogP contribution is 2.24. The van der Waals surface area contributed by atoms with Gasteiger partial charge in [-0.15, -0.1) is 23.1 Å². The maximum Gasteiger partial charge on any atom is 0.236 e. The number of aryl methyl sites for hydroxylation is 1. The molecule has 23 heavy (non-hydrogen) atoms. The van der Waals surface area contributed by atoms with Crippen LogP contribution < -0.4 is 5.32 Å². The van der Waals surface area contributed by atoms with Gasteiger partial charge in [-0.25, -0.2) is 4.98 Å². The first-order valence-electron chi connectivity index (χ1n) is 7.16. The van der Waals surface area contributed by atoms with Crippen molar-refractivity contribution < 1.29 is 9.21 Å². The van der Waals surface area contributed by atoms with E-state index in [1.807, 2.05) is 48.7 Å². The van der Waals surface area contributed by atoms with Crippen LogP contribution >= 0.6 is 23.1 Å². The average Bonchev–Trinajstić information content (AvgIpc) is 3.23. The highest BCUT2D eigenvalue weighted by molar-refractivity contribution is 8.00. The lowest BCUT2D eigenvalue weighted by Crippen LogP contribution is -2.24. The predicted octanol–water partition coefficient (Wildman–Crippen LogP) is 4.12. The molecule has 1 aromatic carbocycles. The highest BCUT2D eigenvalue weighted by atomic mass is 32.2. The number of thiophene rings is 1. The van der Waals surface area contributed by atoms with Crippen LogP contribution in [0.3, 0.4) is 0 Å². The standard InChI is InChI=1S/C17H16N2O2S2/c1-12-5-2-3-6-14(12)23-11-16(20)18-9-13-10-21-17(19-13)15-7-4-8-22-15/h2-8,10H,9,11H2,1H3,(H,18,20). The zero-order chi connectivity index (χ0) is 16.1. The number of rotatable bonds is 6. The second kappa shape index (κ2) is 7.48. The van der Waals surface area contributed by atoms with Gasteiger partial charge in [0.25, 0.3) is 0 Å². The molecule has 0 aliphatic rings. The van der Waals surface area contributed by atoms with Crippen molar-refractivity contribution in [3.63, 3.8) is 0 Å². The maximum atomic E-state index is 11.9. The van der Waals surface area contributed by atoms with Crippen molar-refractivity contribution in [3.8, 4) is 10.8 Å². The van der Waals surface area contributed by atoms with Gasteiger partial charge in [0.2, 0.25) is 11.8 Å². The lowest BCUT2D eigenvalue weighted by molar-refractivity contribution is -0.118. The number of benzene rings is 1. The normalized spacial score (nSPS) is 10.7. The monoisotopic (exact) mass is 344 g/mol. The van der Waals surface area contributed by atoms with Crippen molar-refractivity contribution in [3.05, 3.63) is 59.3 Å². The van der Waals surface area contributed by atoms with Crippen LogP contribution in [-0.2, 0) is 11.3 Å². The summed E-state index contributed by atoms with van der Waals surface area (Å²) < 4.78 is 5.43. The van der Waals surface area contributed by atoms with Crippen LogP contribution in [0.5, 0.6) is 0 Å². The SMILES string of the molecule is Cc1ccccc1SCC(=O)NCc1coc(-c2cccs2)n1. The fourth-order valence-corrected chi connectivity index (χ4v) is 3.52. The van der Waals surface area contributed by atoms with Gasteiger partial charge in [-0.1, -0.05) is 24.3 Å². The summed E-state index contributed by atoms with van der Waals surface area (Å²) in [6.45, 7) is 2.42. The lowest BCUT2D eigenvalue weighted by atomic mass is 10.2. The molecule has 0 aliphatic heterocycles.